The molecule has 6 nitrogen and oxygen atoms in total. The van der Waals surface area contributed by atoms with Gasteiger partial charge in [-0.1, -0.05) is 0 Å². The van der Waals surface area contributed by atoms with Gasteiger partial charge in [0.05, 0.1) is 12.3 Å². The Morgan fingerprint density at radius 2 is 1.91 bits per heavy atom. The molecule has 0 aliphatic heterocycles. The molecule has 0 aliphatic carbocycles. The Balaban J connectivity index is 1.99. The van der Waals surface area contributed by atoms with Crippen molar-refractivity contribution in [3.05, 3.63) is 54.2 Å². The van der Waals surface area contributed by atoms with Crippen molar-refractivity contribution in [2.24, 2.45) is 0 Å². The van der Waals surface area contributed by atoms with E-state index in [9.17, 15) is 9.59 Å². The van der Waals surface area contributed by atoms with Crippen molar-refractivity contribution in [1.29, 1.82) is 0 Å². The summed E-state index contributed by atoms with van der Waals surface area (Å²) in [4.78, 5) is 29.9. The van der Waals surface area contributed by atoms with Crippen LogP contribution in [0.4, 0.5) is 0 Å². The summed E-state index contributed by atoms with van der Waals surface area (Å²) in [6.45, 7) is 3.58. The van der Waals surface area contributed by atoms with Crippen LogP contribution in [-0.4, -0.2) is 34.8 Å². The van der Waals surface area contributed by atoms with Crippen molar-refractivity contribution in [3.8, 4) is 0 Å². The topological polar surface area (TPSA) is 75.4 Å². The second-order valence-electron chi connectivity index (χ2n) is 5.08. The van der Waals surface area contributed by atoms with Crippen molar-refractivity contribution in [2.75, 3.05) is 7.05 Å². The Morgan fingerprint density at radius 3 is 2.50 bits per heavy atom. The summed E-state index contributed by atoms with van der Waals surface area (Å²) in [5, 5.41) is 2.63. The quantitative estimate of drug-likeness (QED) is 0.916. The number of furan rings is 1. The van der Waals surface area contributed by atoms with Crippen LogP contribution in [0.25, 0.3) is 0 Å². The molecule has 2 heterocycles. The molecule has 0 aliphatic rings. The first-order valence-electron chi connectivity index (χ1n) is 7.01. The lowest BCUT2D eigenvalue weighted by Gasteiger charge is -2.28. The van der Waals surface area contributed by atoms with Crippen molar-refractivity contribution in [2.45, 2.75) is 25.9 Å². The van der Waals surface area contributed by atoms with Crippen LogP contribution in [0, 0.1) is 0 Å². The van der Waals surface area contributed by atoms with Gasteiger partial charge in [-0.15, -0.1) is 0 Å². The fourth-order valence-corrected chi connectivity index (χ4v) is 2.10. The highest BCUT2D eigenvalue weighted by Gasteiger charge is 2.24. The van der Waals surface area contributed by atoms with Crippen LogP contribution < -0.4 is 5.32 Å². The average Bonchev–Trinajstić information content (AvgIpc) is 3.08. The molecule has 2 aromatic heterocycles. The Morgan fingerprint density at radius 1 is 1.23 bits per heavy atom. The molecular formula is C16H19N3O3. The van der Waals surface area contributed by atoms with E-state index < -0.39 is 11.9 Å². The Kier molecular flexibility index (Phi) is 4.93. The molecule has 0 aromatic carbocycles. The third-order valence-corrected chi connectivity index (χ3v) is 3.58. The predicted octanol–water partition coefficient (Wildman–Crippen LogP) is 2.01. The highest BCUT2D eigenvalue weighted by atomic mass is 16.3. The lowest BCUT2D eigenvalue weighted by molar-refractivity contribution is -0.133. The number of amides is 2. The van der Waals surface area contributed by atoms with Gasteiger partial charge in [-0.2, -0.15) is 0 Å². The fourth-order valence-electron chi connectivity index (χ4n) is 2.10. The highest BCUT2D eigenvalue weighted by Crippen LogP contribution is 2.18. The Hall–Kier alpha value is -2.63. The number of nitrogens with one attached hydrogen (secondary N) is 1. The summed E-state index contributed by atoms with van der Waals surface area (Å²) in [7, 11) is 1.71. The standard InChI is InChI=1S/C16H19N3O3/c1-11(18-15(20)14-5-4-10-22-14)16(21)19(3)12(2)13-6-8-17-9-7-13/h4-12H,1-3H3,(H,18,20)/t11-,12+/m0/s1. The predicted molar refractivity (Wildman–Crippen MR) is 81.1 cm³/mol. The summed E-state index contributed by atoms with van der Waals surface area (Å²) in [5.74, 6) is -0.399. The van der Waals surface area contributed by atoms with Gasteiger partial charge < -0.3 is 14.6 Å². The second-order valence-corrected chi connectivity index (χ2v) is 5.08. The number of pyridine rings is 1. The second kappa shape index (κ2) is 6.89. The molecule has 2 amide bonds. The van der Waals surface area contributed by atoms with Crippen LogP contribution >= 0.6 is 0 Å². The molecule has 0 spiro atoms. The summed E-state index contributed by atoms with van der Waals surface area (Å²) >= 11 is 0. The van der Waals surface area contributed by atoms with Gasteiger partial charge in [0, 0.05) is 19.4 Å². The maximum absolute atomic E-state index is 12.4. The summed E-state index contributed by atoms with van der Waals surface area (Å²) in [6, 6.07) is 6.14. The van der Waals surface area contributed by atoms with Crippen LogP contribution in [0.3, 0.4) is 0 Å². The van der Waals surface area contributed by atoms with E-state index in [0.717, 1.165) is 5.56 Å². The molecule has 0 saturated heterocycles. The fraction of sp³-hybridized carbons (Fsp3) is 0.312. The monoisotopic (exact) mass is 301 g/mol. The molecule has 1 N–H and O–H groups in total. The minimum absolute atomic E-state index is 0.113. The van der Waals surface area contributed by atoms with Crippen LogP contribution in [0.5, 0.6) is 0 Å². The van der Waals surface area contributed by atoms with Gasteiger partial charge in [0.2, 0.25) is 5.91 Å². The van der Waals surface area contributed by atoms with Gasteiger partial charge >= 0.3 is 0 Å². The Bertz CT molecular complexity index is 625. The largest absolute Gasteiger partial charge is 0.459 e. The van der Waals surface area contributed by atoms with Crippen molar-refractivity contribution < 1.29 is 14.0 Å². The van der Waals surface area contributed by atoms with Crippen molar-refractivity contribution in [1.82, 2.24) is 15.2 Å². The molecule has 116 valence electrons. The molecule has 0 unspecified atom stereocenters. The van der Waals surface area contributed by atoms with Gasteiger partial charge in [0.1, 0.15) is 6.04 Å². The van der Waals surface area contributed by atoms with Gasteiger partial charge in [-0.3, -0.25) is 14.6 Å². The maximum Gasteiger partial charge on any atom is 0.287 e. The van der Waals surface area contributed by atoms with Crippen molar-refractivity contribution >= 4 is 11.8 Å². The molecule has 22 heavy (non-hydrogen) atoms. The molecule has 0 fully saturated rings. The molecule has 0 radical (unpaired) electrons. The minimum Gasteiger partial charge on any atom is -0.459 e. The van der Waals surface area contributed by atoms with E-state index in [-0.39, 0.29) is 17.7 Å². The third kappa shape index (κ3) is 3.52. The first-order valence-corrected chi connectivity index (χ1v) is 7.01. The van der Waals surface area contributed by atoms with Gasteiger partial charge in [0.25, 0.3) is 5.91 Å². The van der Waals surface area contributed by atoms with Crippen LogP contribution in [-0.2, 0) is 4.79 Å². The maximum atomic E-state index is 12.4. The van der Waals surface area contributed by atoms with E-state index >= 15 is 0 Å². The first kappa shape index (κ1) is 15.8. The zero-order valence-corrected chi connectivity index (χ0v) is 12.8. The molecule has 2 aromatic rings. The van der Waals surface area contributed by atoms with E-state index in [0.29, 0.717) is 0 Å². The van der Waals surface area contributed by atoms with E-state index in [1.807, 2.05) is 19.1 Å². The molecule has 2 rings (SSSR count). The smallest absolute Gasteiger partial charge is 0.287 e. The average molecular weight is 301 g/mol. The highest BCUT2D eigenvalue weighted by molar-refractivity contribution is 5.95. The Labute approximate surface area is 129 Å². The lowest BCUT2D eigenvalue weighted by atomic mass is 10.1. The number of nitrogens with zero attached hydrogens (tertiary/aromatic N) is 2. The third-order valence-electron chi connectivity index (χ3n) is 3.58. The summed E-state index contributed by atoms with van der Waals surface area (Å²) in [5.41, 5.74) is 0.982. The number of hydrogen-bond donors (Lipinski definition) is 1. The van der Waals surface area contributed by atoms with Crippen molar-refractivity contribution in [3.63, 3.8) is 0 Å². The minimum atomic E-state index is -0.646. The molecule has 2 atom stereocenters. The number of hydrogen-bond acceptors (Lipinski definition) is 4. The van der Waals surface area contributed by atoms with Crippen LogP contribution in [0.2, 0.25) is 0 Å². The molecule has 0 saturated carbocycles. The van der Waals surface area contributed by atoms with E-state index in [1.54, 1.807) is 43.4 Å². The van der Waals surface area contributed by atoms with Gasteiger partial charge in [-0.05, 0) is 43.7 Å². The molecule has 6 heteroatoms. The van der Waals surface area contributed by atoms with E-state index in [2.05, 4.69) is 10.3 Å². The van der Waals surface area contributed by atoms with Gasteiger partial charge in [-0.25, -0.2) is 0 Å². The summed E-state index contributed by atoms with van der Waals surface area (Å²) in [6.07, 6.45) is 4.79. The SMILES string of the molecule is C[C@H](NC(=O)c1ccco1)C(=O)N(C)[C@H](C)c1ccncc1. The number of likely N-dealkylation sites (N-methyl/N-ethyl adjacent to an activating group) is 1. The first-order chi connectivity index (χ1) is 10.5. The molecule has 0 bridgehead atoms. The number of aromatic nitrogens is 1. The van der Waals surface area contributed by atoms with E-state index in [4.69, 9.17) is 4.42 Å². The summed E-state index contributed by atoms with van der Waals surface area (Å²) < 4.78 is 5.01. The van der Waals surface area contributed by atoms with Crippen LogP contribution in [0.15, 0.2) is 47.3 Å². The zero-order chi connectivity index (χ0) is 16.1. The lowest BCUT2D eigenvalue weighted by Crippen LogP contribution is -2.46. The number of carbonyl (C=O) groups excluding carboxylic acids is 2. The van der Waals surface area contributed by atoms with Crippen LogP contribution in [0.1, 0.15) is 36.0 Å². The molecular weight excluding hydrogens is 282 g/mol. The normalized spacial score (nSPS) is 13.2. The zero-order valence-electron chi connectivity index (χ0n) is 12.8. The van der Waals surface area contributed by atoms with E-state index in [1.165, 1.54) is 6.26 Å². The number of carbonyl (C=O) groups is 2. The van der Waals surface area contributed by atoms with Gasteiger partial charge in [0.15, 0.2) is 5.76 Å². The number of rotatable bonds is 5.